The summed E-state index contributed by atoms with van der Waals surface area (Å²) in [5.41, 5.74) is 1.65. The Morgan fingerprint density at radius 3 is 2.47 bits per heavy atom. The Labute approximate surface area is 206 Å². The van der Waals surface area contributed by atoms with Crippen LogP contribution in [0.2, 0.25) is 0 Å². The molecule has 182 valence electrons. The molecule has 9 nitrogen and oxygen atoms in total. The van der Waals surface area contributed by atoms with Crippen LogP contribution in [0.3, 0.4) is 0 Å². The molecule has 4 rings (SSSR count). The molecule has 12 heteroatoms. The molecule has 0 unspecified atom stereocenters. The molecule has 2 aliphatic rings. The highest BCUT2D eigenvalue weighted by atomic mass is 35.5. The van der Waals surface area contributed by atoms with Crippen molar-refractivity contribution in [3.63, 3.8) is 0 Å². The number of halogens is 1. The molecule has 0 spiro atoms. The van der Waals surface area contributed by atoms with Gasteiger partial charge in [0.2, 0.25) is 0 Å². The van der Waals surface area contributed by atoms with E-state index in [-0.39, 0.29) is 35.3 Å². The van der Waals surface area contributed by atoms with Crippen LogP contribution >= 0.6 is 22.9 Å². The Balaban J connectivity index is 1.24. The number of carbonyl (C=O) groups excluding carboxylic acids is 3. The Morgan fingerprint density at radius 2 is 1.79 bits per heavy atom. The lowest BCUT2D eigenvalue weighted by atomic mass is 9.95. The quantitative estimate of drug-likeness (QED) is 0.500. The molecule has 5 amide bonds. The Bertz CT molecular complexity index is 1170. The summed E-state index contributed by atoms with van der Waals surface area (Å²) < 4.78 is 27.1. The molecular formula is C22H25ClN4O5S2. The number of hydrogen-bond acceptors (Lipinski definition) is 6. The summed E-state index contributed by atoms with van der Waals surface area (Å²) in [6.45, 7) is 0.554. The lowest BCUT2D eigenvalue weighted by molar-refractivity contribution is 0.0824. The highest BCUT2D eigenvalue weighted by molar-refractivity contribution is 7.90. The summed E-state index contributed by atoms with van der Waals surface area (Å²) >= 11 is 7.38. The van der Waals surface area contributed by atoms with Crippen molar-refractivity contribution in [3.8, 4) is 0 Å². The van der Waals surface area contributed by atoms with E-state index in [0.29, 0.717) is 24.1 Å². The number of rotatable bonds is 6. The molecule has 0 saturated heterocycles. The van der Waals surface area contributed by atoms with Crippen molar-refractivity contribution in [2.75, 3.05) is 6.54 Å². The van der Waals surface area contributed by atoms with E-state index < -0.39 is 22.1 Å². The van der Waals surface area contributed by atoms with Crippen LogP contribution in [-0.4, -0.2) is 49.3 Å². The second-order valence-corrected chi connectivity index (χ2v) is 11.5. The van der Waals surface area contributed by atoms with E-state index in [2.05, 4.69) is 10.6 Å². The molecule has 3 N–H and O–H groups in total. The van der Waals surface area contributed by atoms with Crippen LogP contribution in [0.4, 0.5) is 9.59 Å². The van der Waals surface area contributed by atoms with E-state index in [1.807, 2.05) is 16.2 Å². The predicted octanol–water partition coefficient (Wildman–Crippen LogP) is 3.19. The van der Waals surface area contributed by atoms with Crippen LogP contribution in [0, 0.1) is 0 Å². The van der Waals surface area contributed by atoms with Crippen LogP contribution < -0.4 is 15.4 Å². The van der Waals surface area contributed by atoms with Gasteiger partial charge < -0.3 is 10.6 Å². The number of imide groups is 1. The van der Waals surface area contributed by atoms with E-state index in [0.717, 1.165) is 24.0 Å². The van der Waals surface area contributed by atoms with Crippen molar-refractivity contribution in [3.05, 3.63) is 51.7 Å². The fraction of sp³-hybridized carbons (Fsp3) is 0.409. The fourth-order valence-corrected chi connectivity index (χ4v) is 6.04. The lowest BCUT2D eigenvalue weighted by Crippen LogP contribution is -2.45. The average Bonchev–Trinajstić information content (AvgIpc) is 3.38. The first-order chi connectivity index (χ1) is 16.2. The van der Waals surface area contributed by atoms with Gasteiger partial charge in [-0.3, -0.25) is 9.69 Å². The SMILES string of the molecule is O=C(NC1CCC(Cl)CC1)NS(=O)(=O)c1ccc(CCNC(=O)N2Cc3ccsc3C2=O)cc1. The zero-order chi connectivity index (χ0) is 24.3. The lowest BCUT2D eigenvalue weighted by Gasteiger charge is -2.25. The van der Waals surface area contributed by atoms with E-state index in [4.69, 9.17) is 11.6 Å². The van der Waals surface area contributed by atoms with Crippen molar-refractivity contribution < 1.29 is 22.8 Å². The van der Waals surface area contributed by atoms with Gasteiger partial charge in [0.15, 0.2) is 0 Å². The van der Waals surface area contributed by atoms with Crippen molar-refractivity contribution in [1.82, 2.24) is 20.3 Å². The van der Waals surface area contributed by atoms with E-state index in [1.54, 1.807) is 12.1 Å². The molecule has 2 heterocycles. The first-order valence-electron chi connectivity index (χ1n) is 11.0. The predicted molar refractivity (Wildman–Crippen MR) is 128 cm³/mol. The van der Waals surface area contributed by atoms with Gasteiger partial charge in [0.1, 0.15) is 0 Å². The van der Waals surface area contributed by atoms with Gasteiger partial charge in [-0.2, -0.15) is 0 Å². The number of amides is 5. The minimum atomic E-state index is -4.01. The van der Waals surface area contributed by atoms with Gasteiger partial charge in [0.05, 0.1) is 16.3 Å². The van der Waals surface area contributed by atoms with Crippen molar-refractivity contribution in [1.29, 1.82) is 0 Å². The van der Waals surface area contributed by atoms with Gasteiger partial charge in [0, 0.05) is 18.0 Å². The van der Waals surface area contributed by atoms with Crippen LogP contribution in [0.25, 0.3) is 0 Å². The van der Waals surface area contributed by atoms with Crippen LogP contribution in [0.15, 0.2) is 40.6 Å². The minimum Gasteiger partial charge on any atom is -0.337 e. The second-order valence-electron chi connectivity index (χ2n) is 8.32. The third-order valence-electron chi connectivity index (χ3n) is 5.90. The number of fused-ring (bicyclic) bond motifs is 1. The molecule has 1 aromatic heterocycles. The van der Waals surface area contributed by atoms with Crippen LogP contribution in [0.5, 0.6) is 0 Å². The Kier molecular flexibility index (Phi) is 7.44. The molecule has 1 saturated carbocycles. The summed E-state index contributed by atoms with van der Waals surface area (Å²) in [6, 6.07) is 6.60. The molecule has 1 fully saturated rings. The number of alkyl halides is 1. The summed E-state index contributed by atoms with van der Waals surface area (Å²) in [5, 5.41) is 7.34. The molecule has 0 atom stereocenters. The number of hydrogen-bond donors (Lipinski definition) is 3. The minimum absolute atomic E-state index is 0.0336. The molecule has 1 aliphatic heterocycles. The van der Waals surface area contributed by atoms with Gasteiger partial charge >= 0.3 is 12.1 Å². The smallest absolute Gasteiger partial charge is 0.328 e. The van der Waals surface area contributed by atoms with Crippen molar-refractivity contribution >= 4 is 50.9 Å². The molecule has 1 aliphatic carbocycles. The molecule has 0 radical (unpaired) electrons. The number of benzene rings is 1. The molecule has 2 aromatic rings. The first kappa shape index (κ1) is 24.5. The zero-order valence-corrected chi connectivity index (χ0v) is 20.6. The normalized spacial score (nSPS) is 20.0. The summed E-state index contributed by atoms with van der Waals surface area (Å²) in [4.78, 5) is 38.4. The molecule has 34 heavy (non-hydrogen) atoms. The number of thiophene rings is 1. The van der Waals surface area contributed by atoms with Gasteiger partial charge in [0.25, 0.3) is 15.9 Å². The standard InChI is InChI=1S/C22H25ClN4O5S2/c23-16-3-5-17(6-4-16)25-21(29)26-34(31,32)18-7-1-14(2-8-18)9-11-24-22(30)27-13-15-10-12-33-19(15)20(27)28/h1-2,7-8,10,12,16-17H,3-6,9,11,13H2,(H,24,30)(H2,25,26,29). The molecule has 0 bridgehead atoms. The summed E-state index contributed by atoms with van der Waals surface area (Å²) in [5.74, 6) is -0.291. The third-order valence-corrected chi connectivity index (χ3v) is 8.63. The highest BCUT2D eigenvalue weighted by Gasteiger charge is 2.33. The van der Waals surface area contributed by atoms with Crippen LogP contribution in [-0.2, 0) is 23.0 Å². The zero-order valence-electron chi connectivity index (χ0n) is 18.3. The van der Waals surface area contributed by atoms with Crippen LogP contribution in [0.1, 0.15) is 46.5 Å². The van der Waals surface area contributed by atoms with Crippen molar-refractivity contribution in [2.45, 2.75) is 55.0 Å². The van der Waals surface area contributed by atoms with Gasteiger partial charge in [-0.05, 0) is 66.8 Å². The second kappa shape index (κ2) is 10.3. The third kappa shape index (κ3) is 5.70. The molecule has 1 aromatic carbocycles. The number of urea groups is 2. The number of nitrogens with one attached hydrogen (secondary N) is 3. The topological polar surface area (TPSA) is 125 Å². The Hall–Kier alpha value is -2.63. The monoisotopic (exact) mass is 524 g/mol. The van der Waals surface area contributed by atoms with E-state index in [9.17, 15) is 22.8 Å². The maximum atomic E-state index is 12.5. The Morgan fingerprint density at radius 1 is 1.09 bits per heavy atom. The number of sulfonamides is 1. The van der Waals surface area contributed by atoms with Gasteiger partial charge in [-0.1, -0.05) is 12.1 Å². The number of nitrogens with zero attached hydrogens (tertiary/aromatic N) is 1. The van der Waals surface area contributed by atoms with Crippen molar-refractivity contribution in [2.24, 2.45) is 0 Å². The summed E-state index contributed by atoms with van der Waals surface area (Å²) in [6.07, 6.45) is 3.45. The molecular weight excluding hydrogens is 500 g/mol. The number of carbonyl (C=O) groups is 3. The first-order valence-corrected chi connectivity index (χ1v) is 13.8. The maximum Gasteiger partial charge on any atom is 0.328 e. The maximum absolute atomic E-state index is 12.5. The van der Waals surface area contributed by atoms with E-state index in [1.165, 1.54) is 28.4 Å². The van der Waals surface area contributed by atoms with Gasteiger partial charge in [-0.15, -0.1) is 22.9 Å². The van der Waals surface area contributed by atoms with E-state index >= 15 is 0 Å². The summed E-state index contributed by atoms with van der Waals surface area (Å²) in [7, 11) is -4.01. The highest BCUT2D eigenvalue weighted by Crippen LogP contribution is 2.27. The van der Waals surface area contributed by atoms with Gasteiger partial charge in [-0.25, -0.2) is 22.7 Å². The fourth-order valence-electron chi connectivity index (χ4n) is 4.01. The largest absolute Gasteiger partial charge is 0.337 e. The average molecular weight is 525 g/mol.